The smallest absolute Gasteiger partial charge is 0.182 e. The fourth-order valence-electron chi connectivity index (χ4n) is 2.32. The van der Waals surface area contributed by atoms with Crippen LogP contribution in [0.1, 0.15) is 43.9 Å². The zero-order valence-electron chi connectivity index (χ0n) is 12.0. The van der Waals surface area contributed by atoms with Gasteiger partial charge >= 0.3 is 0 Å². The van der Waals surface area contributed by atoms with Gasteiger partial charge in [-0.25, -0.2) is 4.68 Å². The van der Waals surface area contributed by atoms with Gasteiger partial charge in [0.05, 0.1) is 6.04 Å². The number of tetrazole rings is 1. The molecule has 0 aliphatic heterocycles. The van der Waals surface area contributed by atoms with Crippen molar-refractivity contribution < 1.29 is 0 Å². The average Bonchev–Trinajstić information content (AvgIpc) is 2.83. The fraction of sp³-hybridized carbons (Fsp3) is 0.500. The van der Waals surface area contributed by atoms with Gasteiger partial charge in [0.15, 0.2) is 5.82 Å². The molecule has 19 heavy (non-hydrogen) atoms. The standard InChI is InChI=1S/C14H21N5/c1-5-6-11(4)19-14(16-17-18-19)12-8-13(15)10(3)7-9(12)2/h7-8,11H,5-6,15H2,1-4H3. The van der Waals surface area contributed by atoms with Gasteiger partial charge in [0.25, 0.3) is 0 Å². The number of benzene rings is 1. The zero-order valence-corrected chi connectivity index (χ0v) is 12.0. The third kappa shape index (κ3) is 2.59. The first-order valence-corrected chi connectivity index (χ1v) is 6.69. The summed E-state index contributed by atoms with van der Waals surface area (Å²) in [7, 11) is 0. The zero-order chi connectivity index (χ0) is 14.0. The Morgan fingerprint density at radius 2 is 2.00 bits per heavy atom. The first-order valence-electron chi connectivity index (χ1n) is 6.69. The van der Waals surface area contributed by atoms with Crippen LogP contribution in [0.25, 0.3) is 11.4 Å². The van der Waals surface area contributed by atoms with Crippen LogP contribution < -0.4 is 5.73 Å². The van der Waals surface area contributed by atoms with Gasteiger partial charge in [-0.1, -0.05) is 19.4 Å². The van der Waals surface area contributed by atoms with Gasteiger partial charge in [-0.3, -0.25) is 0 Å². The summed E-state index contributed by atoms with van der Waals surface area (Å²) in [6, 6.07) is 4.33. The Kier molecular flexibility index (Phi) is 3.83. The summed E-state index contributed by atoms with van der Waals surface area (Å²) in [4.78, 5) is 0. The predicted molar refractivity (Wildman–Crippen MR) is 76.8 cm³/mol. The highest BCUT2D eigenvalue weighted by Crippen LogP contribution is 2.28. The van der Waals surface area contributed by atoms with E-state index in [2.05, 4.69) is 42.4 Å². The third-order valence-corrected chi connectivity index (χ3v) is 3.47. The molecule has 0 saturated heterocycles. The minimum absolute atomic E-state index is 0.289. The minimum Gasteiger partial charge on any atom is -0.398 e. The Balaban J connectivity index is 2.48. The first-order chi connectivity index (χ1) is 9.04. The van der Waals surface area contributed by atoms with Crippen LogP contribution >= 0.6 is 0 Å². The van der Waals surface area contributed by atoms with Crippen LogP contribution in [0.5, 0.6) is 0 Å². The van der Waals surface area contributed by atoms with Gasteiger partial charge < -0.3 is 5.73 Å². The second-order valence-corrected chi connectivity index (χ2v) is 5.11. The molecule has 0 amide bonds. The van der Waals surface area contributed by atoms with E-state index in [-0.39, 0.29) is 6.04 Å². The molecule has 1 unspecified atom stereocenters. The number of anilines is 1. The van der Waals surface area contributed by atoms with Crippen molar-refractivity contribution in [3.63, 3.8) is 0 Å². The lowest BCUT2D eigenvalue weighted by molar-refractivity contribution is 0.447. The summed E-state index contributed by atoms with van der Waals surface area (Å²) >= 11 is 0. The second-order valence-electron chi connectivity index (χ2n) is 5.11. The number of nitrogens with two attached hydrogens (primary N) is 1. The molecule has 5 heteroatoms. The molecule has 2 rings (SSSR count). The summed E-state index contributed by atoms with van der Waals surface area (Å²) < 4.78 is 1.89. The normalized spacial score (nSPS) is 12.6. The van der Waals surface area contributed by atoms with E-state index >= 15 is 0 Å². The van der Waals surface area contributed by atoms with E-state index in [0.717, 1.165) is 41.0 Å². The number of aryl methyl sites for hydroxylation is 2. The fourth-order valence-corrected chi connectivity index (χ4v) is 2.32. The van der Waals surface area contributed by atoms with E-state index in [9.17, 15) is 0 Å². The van der Waals surface area contributed by atoms with E-state index in [1.54, 1.807) is 0 Å². The molecular formula is C14H21N5. The molecule has 0 fully saturated rings. The Labute approximate surface area is 113 Å². The number of hydrogen-bond acceptors (Lipinski definition) is 4. The van der Waals surface area contributed by atoms with Crippen LogP contribution in [-0.4, -0.2) is 20.2 Å². The highest BCUT2D eigenvalue weighted by Gasteiger charge is 2.16. The van der Waals surface area contributed by atoms with Gasteiger partial charge in [-0.15, -0.1) is 5.10 Å². The molecular weight excluding hydrogens is 238 g/mol. The lowest BCUT2D eigenvalue weighted by atomic mass is 10.0. The van der Waals surface area contributed by atoms with Gasteiger partial charge in [-0.05, 0) is 54.8 Å². The minimum atomic E-state index is 0.289. The molecule has 0 aliphatic carbocycles. The van der Waals surface area contributed by atoms with Crippen molar-refractivity contribution >= 4 is 5.69 Å². The number of nitrogen functional groups attached to an aromatic ring is 1. The maximum absolute atomic E-state index is 6.00. The van der Waals surface area contributed by atoms with Crippen LogP contribution in [0.15, 0.2) is 12.1 Å². The van der Waals surface area contributed by atoms with Crippen molar-refractivity contribution in [3.8, 4) is 11.4 Å². The molecule has 1 heterocycles. The molecule has 0 saturated carbocycles. The molecule has 0 spiro atoms. The SMILES string of the molecule is CCCC(C)n1nnnc1-c1cc(N)c(C)cc1C. The van der Waals surface area contributed by atoms with E-state index < -0.39 is 0 Å². The summed E-state index contributed by atoms with van der Waals surface area (Å²) in [6.45, 7) is 8.37. The van der Waals surface area contributed by atoms with Gasteiger partial charge in [0.1, 0.15) is 0 Å². The van der Waals surface area contributed by atoms with E-state index in [1.165, 1.54) is 0 Å². The molecule has 1 aromatic carbocycles. The molecule has 1 atom stereocenters. The van der Waals surface area contributed by atoms with Crippen molar-refractivity contribution in [2.75, 3.05) is 5.73 Å². The number of rotatable bonds is 4. The van der Waals surface area contributed by atoms with Crippen molar-refractivity contribution in [2.45, 2.75) is 46.6 Å². The summed E-state index contributed by atoms with van der Waals surface area (Å²) in [6.07, 6.45) is 2.16. The lowest BCUT2D eigenvalue weighted by Gasteiger charge is -2.14. The number of aromatic nitrogens is 4. The third-order valence-electron chi connectivity index (χ3n) is 3.47. The molecule has 5 nitrogen and oxygen atoms in total. The maximum Gasteiger partial charge on any atom is 0.182 e. The second kappa shape index (κ2) is 5.38. The topological polar surface area (TPSA) is 69.6 Å². The highest BCUT2D eigenvalue weighted by molar-refractivity contribution is 5.67. The largest absolute Gasteiger partial charge is 0.398 e. The van der Waals surface area contributed by atoms with Gasteiger partial charge in [0, 0.05) is 11.3 Å². The van der Waals surface area contributed by atoms with Crippen molar-refractivity contribution in [3.05, 3.63) is 23.3 Å². The highest BCUT2D eigenvalue weighted by atomic mass is 15.5. The average molecular weight is 259 g/mol. The van der Waals surface area contributed by atoms with E-state index in [0.29, 0.717) is 0 Å². The Morgan fingerprint density at radius 1 is 1.26 bits per heavy atom. The molecule has 0 aliphatic rings. The van der Waals surface area contributed by atoms with Crippen molar-refractivity contribution in [1.82, 2.24) is 20.2 Å². The lowest BCUT2D eigenvalue weighted by Crippen LogP contribution is -2.09. The summed E-state index contributed by atoms with van der Waals surface area (Å²) in [5.74, 6) is 0.796. The Hall–Kier alpha value is -1.91. The predicted octanol–water partition coefficient (Wildman–Crippen LogP) is 2.90. The molecule has 2 N–H and O–H groups in total. The monoisotopic (exact) mass is 259 g/mol. The van der Waals surface area contributed by atoms with Crippen LogP contribution in [0.4, 0.5) is 5.69 Å². The molecule has 2 aromatic rings. The van der Waals surface area contributed by atoms with Crippen LogP contribution in [0.3, 0.4) is 0 Å². The summed E-state index contributed by atoms with van der Waals surface area (Å²) in [5, 5.41) is 12.1. The van der Waals surface area contributed by atoms with Crippen molar-refractivity contribution in [2.24, 2.45) is 0 Å². The molecule has 0 bridgehead atoms. The van der Waals surface area contributed by atoms with Crippen LogP contribution in [0, 0.1) is 13.8 Å². The number of nitrogens with zero attached hydrogens (tertiary/aromatic N) is 4. The van der Waals surface area contributed by atoms with Gasteiger partial charge in [0.2, 0.25) is 0 Å². The maximum atomic E-state index is 6.00. The van der Waals surface area contributed by atoms with Crippen molar-refractivity contribution in [1.29, 1.82) is 0 Å². The van der Waals surface area contributed by atoms with Crippen LogP contribution in [-0.2, 0) is 0 Å². The quantitative estimate of drug-likeness (QED) is 0.857. The molecule has 102 valence electrons. The first kappa shape index (κ1) is 13.5. The molecule has 1 aromatic heterocycles. The number of hydrogen-bond donors (Lipinski definition) is 1. The molecule has 0 radical (unpaired) electrons. The van der Waals surface area contributed by atoms with Gasteiger partial charge in [-0.2, -0.15) is 0 Å². The van der Waals surface area contributed by atoms with Crippen LogP contribution in [0.2, 0.25) is 0 Å². The Bertz CT molecular complexity index is 573. The Morgan fingerprint density at radius 3 is 2.68 bits per heavy atom. The van der Waals surface area contributed by atoms with E-state index in [4.69, 9.17) is 5.73 Å². The van der Waals surface area contributed by atoms with E-state index in [1.807, 2.05) is 17.7 Å². The summed E-state index contributed by atoms with van der Waals surface area (Å²) in [5.41, 5.74) is 10.0.